The van der Waals surface area contributed by atoms with Gasteiger partial charge in [0.15, 0.2) is 0 Å². The molecule has 0 saturated carbocycles. The van der Waals surface area contributed by atoms with Crippen LogP contribution >= 0.6 is 0 Å². The lowest BCUT2D eigenvalue weighted by atomic mass is 10.1. The highest BCUT2D eigenvalue weighted by molar-refractivity contribution is 7.89. The summed E-state index contributed by atoms with van der Waals surface area (Å²) in [6.45, 7) is 2.99. The highest BCUT2D eigenvalue weighted by Gasteiger charge is 2.35. The van der Waals surface area contributed by atoms with Gasteiger partial charge in [0, 0.05) is 51.4 Å². The first-order valence-corrected chi connectivity index (χ1v) is 10.3. The van der Waals surface area contributed by atoms with Gasteiger partial charge in [-0.25, -0.2) is 8.42 Å². The van der Waals surface area contributed by atoms with Gasteiger partial charge in [-0.1, -0.05) is 6.07 Å². The number of aromatic nitrogens is 3. The van der Waals surface area contributed by atoms with E-state index in [0.29, 0.717) is 32.8 Å². The number of sulfonamides is 1. The van der Waals surface area contributed by atoms with Gasteiger partial charge in [0.05, 0.1) is 18.3 Å². The standard InChI is InChI=1S/C17H23N5O3S/c23-26(24,16-11-20-21(13-16)15-3-8-25-9-4-15)22-7-6-19-12-17(22)14-2-1-5-18-10-14/h1-2,5,10-11,13,15,17,19H,3-4,6-9,12H2. The summed E-state index contributed by atoms with van der Waals surface area (Å²) in [6.07, 6.45) is 8.25. The zero-order chi connectivity index (χ0) is 18.0. The molecule has 140 valence electrons. The summed E-state index contributed by atoms with van der Waals surface area (Å²) >= 11 is 0. The van der Waals surface area contributed by atoms with Crippen molar-refractivity contribution in [2.45, 2.75) is 29.8 Å². The number of rotatable bonds is 4. The zero-order valence-corrected chi connectivity index (χ0v) is 15.3. The van der Waals surface area contributed by atoms with Crippen LogP contribution in [0.4, 0.5) is 0 Å². The molecule has 2 aromatic heterocycles. The van der Waals surface area contributed by atoms with Crippen LogP contribution < -0.4 is 5.32 Å². The largest absolute Gasteiger partial charge is 0.381 e. The fourth-order valence-corrected chi connectivity index (χ4v) is 5.12. The van der Waals surface area contributed by atoms with Gasteiger partial charge in [0.25, 0.3) is 0 Å². The molecule has 0 amide bonds. The molecule has 4 rings (SSSR count). The molecule has 8 nitrogen and oxygen atoms in total. The minimum atomic E-state index is -3.63. The molecule has 0 bridgehead atoms. The zero-order valence-electron chi connectivity index (χ0n) is 14.5. The lowest BCUT2D eigenvalue weighted by molar-refractivity contribution is 0.0662. The molecule has 0 aliphatic carbocycles. The molecule has 0 radical (unpaired) electrons. The minimum Gasteiger partial charge on any atom is -0.381 e. The van der Waals surface area contributed by atoms with Crippen molar-refractivity contribution in [3.8, 4) is 0 Å². The van der Waals surface area contributed by atoms with Gasteiger partial charge in [-0.3, -0.25) is 9.67 Å². The first kappa shape index (κ1) is 17.6. The van der Waals surface area contributed by atoms with Gasteiger partial charge in [-0.15, -0.1) is 0 Å². The molecule has 9 heteroatoms. The smallest absolute Gasteiger partial charge is 0.246 e. The lowest BCUT2D eigenvalue weighted by Gasteiger charge is -2.34. The maximum absolute atomic E-state index is 13.3. The third-order valence-electron chi connectivity index (χ3n) is 5.01. The second-order valence-corrected chi connectivity index (χ2v) is 8.51. The van der Waals surface area contributed by atoms with Crippen molar-refractivity contribution in [3.63, 3.8) is 0 Å². The summed E-state index contributed by atoms with van der Waals surface area (Å²) in [5.74, 6) is 0. The van der Waals surface area contributed by atoms with E-state index >= 15 is 0 Å². The fraction of sp³-hybridized carbons (Fsp3) is 0.529. The Balaban J connectivity index is 1.61. The Kier molecular flexibility index (Phi) is 5.03. The maximum Gasteiger partial charge on any atom is 0.246 e. The predicted molar refractivity (Wildman–Crippen MR) is 95.1 cm³/mol. The summed E-state index contributed by atoms with van der Waals surface area (Å²) < 4.78 is 35.2. The van der Waals surface area contributed by atoms with E-state index in [4.69, 9.17) is 4.74 Å². The molecule has 4 heterocycles. The summed E-state index contributed by atoms with van der Waals surface area (Å²) in [5.41, 5.74) is 0.889. The molecular formula is C17H23N5O3S. The molecular weight excluding hydrogens is 354 g/mol. The van der Waals surface area contributed by atoms with Gasteiger partial charge in [-0.05, 0) is 24.5 Å². The quantitative estimate of drug-likeness (QED) is 0.854. The van der Waals surface area contributed by atoms with Crippen molar-refractivity contribution < 1.29 is 13.2 Å². The van der Waals surface area contributed by atoms with E-state index < -0.39 is 10.0 Å². The molecule has 2 aliphatic heterocycles. The maximum atomic E-state index is 13.3. The van der Waals surface area contributed by atoms with Gasteiger partial charge < -0.3 is 10.1 Å². The number of pyridine rings is 1. The fourth-order valence-electron chi connectivity index (χ4n) is 3.57. The monoisotopic (exact) mass is 377 g/mol. The van der Waals surface area contributed by atoms with Crippen molar-refractivity contribution in [3.05, 3.63) is 42.5 Å². The van der Waals surface area contributed by atoms with Crippen molar-refractivity contribution >= 4 is 10.0 Å². The van der Waals surface area contributed by atoms with Gasteiger partial charge >= 0.3 is 0 Å². The van der Waals surface area contributed by atoms with Crippen LogP contribution in [0.25, 0.3) is 0 Å². The molecule has 1 N–H and O–H groups in total. The summed E-state index contributed by atoms with van der Waals surface area (Å²) in [4.78, 5) is 4.39. The van der Waals surface area contributed by atoms with Crippen molar-refractivity contribution in [2.75, 3.05) is 32.8 Å². The highest BCUT2D eigenvalue weighted by Crippen LogP contribution is 2.29. The third-order valence-corrected chi connectivity index (χ3v) is 6.87. The Morgan fingerprint density at radius 2 is 2.08 bits per heavy atom. The van der Waals surface area contributed by atoms with Crippen molar-refractivity contribution in [2.24, 2.45) is 0 Å². The van der Waals surface area contributed by atoms with Crippen LogP contribution in [-0.2, 0) is 14.8 Å². The van der Waals surface area contributed by atoms with Gasteiger partial charge in [0.1, 0.15) is 4.90 Å². The molecule has 0 spiro atoms. The molecule has 26 heavy (non-hydrogen) atoms. The minimum absolute atomic E-state index is 0.199. The van der Waals surface area contributed by atoms with Crippen molar-refractivity contribution in [1.29, 1.82) is 0 Å². The molecule has 2 saturated heterocycles. The third kappa shape index (κ3) is 3.39. The summed E-state index contributed by atoms with van der Waals surface area (Å²) in [5, 5.41) is 7.60. The van der Waals surface area contributed by atoms with Crippen LogP contribution in [-0.4, -0.2) is 60.3 Å². The predicted octanol–water partition coefficient (Wildman–Crippen LogP) is 0.965. The van der Waals surface area contributed by atoms with Gasteiger partial charge in [0.2, 0.25) is 10.0 Å². The average Bonchev–Trinajstić information content (AvgIpc) is 3.21. The number of piperazine rings is 1. The Bertz CT molecular complexity index is 833. The molecule has 2 aromatic rings. The van der Waals surface area contributed by atoms with Crippen LogP contribution in [0.5, 0.6) is 0 Å². The van der Waals surface area contributed by atoms with E-state index in [2.05, 4.69) is 15.4 Å². The van der Waals surface area contributed by atoms with E-state index in [0.717, 1.165) is 18.4 Å². The van der Waals surface area contributed by atoms with Crippen molar-refractivity contribution in [1.82, 2.24) is 24.4 Å². The lowest BCUT2D eigenvalue weighted by Crippen LogP contribution is -2.48. The number of hydrogen-bond acceptors (Lipinski definition) is 6. The SMILES string of the molecule is O=S(=O)(c1cnn(C2CCOCC2)c1)N1CCNCC1c1cccnc1. The number of nitrogens with zero attached hydrogens (tertiary/aromatic N) is 4. The van der Waals surface area contributed by atoms with E-state index in [-0.39, 0.29) is 17.0 Å². The average molecular weight is 377 g/mol. The van der Waals surface area contributed by atoms with E-state index in [1.165, 1.54) is 6.20 Å². The molecule has 0 aromatic carbocycles. The second kappa shape index (κ2) is 7.43. The highest BCUT2D eigenvalue weighted by atomic mass is 32.2. The van der Waals surface area contributed by atoms with Gasteiger partial charge in [-0.2, -0.15) is 9.40 Å². The Labute approximate surface area is 153 Å². The summed E-state index contributed by atoms with van der Waals surface area (Å²) in [6, 6.07) is 3.68. The van der Waals surface area contributed by atoms with Crippen LogP contribution in [0, 0.1) is 0 Å². The molecule has 2 aliphatic rings. The first-order valence-electron chi connectivity index (χ1n) is 8.90. The normalized spacial score (nSPS) is 23.2. The van der Waals surface area contributed by atoms with E-state index in [1.54, 1.807) is 27.6 Å². The van der Waals surface area contributed by atoms with E-state index in [1.807, 2.05) is 12.1 Å². The Morgan fingerprint density at radius 3 is 2.85 bits per heavy atom. The topological polar surface area (TPSA) is 89.3 Å². The number of hydrogen-bond donors (Lipinski definition) is 1. The van der Waals surface area contributed by atoms with Crippen LogP contribution in [0.3, 0.4) is 0 Å². The van der Waals surface area contributed by atoms with E-state index in [9.17, 15) is 8.42 Å². The van der Waals surface area contributed by atoms with Crippen LogP contribution in [0.2, 0.25) is 0 Å². The summed E-state index contributed by atoms with van der Waals surface area (Å²) in [7, 11) is -3.63. The molecule has 1 unspecified atom stereocenters. The first-order chi connectivity index (χ1) is 12.7. The molecule has 2 fully saturated rings. The van der Waals surface area contributed by atoms with Crippen LogP contribution in [0.15, 0.2) is 41.8 Å². The number of nitrogens with one attached hydrogen (secondary N) is 1. The Hall–Kier alpha value is -1.81. The van der Waals surface area contributed by atoms with Crippen LogP contribution in [0.1, 0.15) is 30.5 Å². The second-order valence-electron chi connectivity index (χ2n) is 6.62. The Morgan fingerprint density at radius 1 is 1.23 bits per heavy atom. The molecule has 1 atom stereocenters. The number of ether oxygens (including phenoxy) is 1.